The molecule has 112 valence electrons. The highest BCUT2D eigenvalue weighted by molar-refractivity contribution is 5.80. The van der Waals surface area contributed by atoms with Gasteiger partial charge in [-0.3, -0.25) is 0 Å². The van der Waals surface area contributed by atoms with Gasteiger partial charge in [0.15, 0.2) is 0 Å². The van der Waals surface area contributed by atoms with Gasteiger partial charge in [0.1, 0.15) is 0 Å². The van der Waals surface area contributed by atoms with Gasteiger partial charge in [-0.05, 0) is 48.4 Å². The summed E-state index contributed by atoms with van der Waals surface area (Å²) in [6, 6.07) is 13.5. The molecule has 3 nitrogen and oxygen atoms in total. The van der Waals surface area contributed by atoms with Gasteiger partial charge in [-0.1, -0.05) is 43.0 Å². The summed E-state index contributed by atoms with van der Waals surface area (Å²) in [6.45, 7) is 5.76. The molecule has 0 amide bonds. The van der Waals surface area contributed by atoms with E-state index in [4.69, 9.17) is 11.5 Å². The SMILES string of the molecule is C=C/C=C(\C=C/C)c1cccc(Nc2cc(N)ccc2N)c1. The average molecular weight is 291 g/mol. The molecule has 2 rings (SSSR count). The van der Waals surface area contributed by atoms with Crippen LogP contribution in [0, 0.1) is 0 Å². The molecule has 22 heavy (non-hydrogen) atoms. The summed E-state index contributed by atoms with van der Waals surface area (Å²) in [7, 11) is 0. The maximum Gasteiger partial charge on any atom is 0.0638 e. The van der Waals surface area contributed by atoms with Gasteiger partial charge in [0, 0.05) is 11.4 Å². The minimum atomic E-state index is 0.662. The minimum absolute atomic E-state index is 0.662. The molecule has 0 heterocycles. The lowest BCUT2D eigenvalue weighted by Gasteiger charge is -2.12. The standard InChI is InChI=1S/C19H21N3/c1-3-6-14(7-4-2)15-8-5-9-17(12-15)22-19-13-16(20)10-11-18(19)21/h3-13,22H,1,20-21H2,2H3/b7-4-,14-6+. The topological polar surface area (TPSA) is 64.1 Å². The Morgan fingerprint density at radius 2 is 1.95 bits per heavy atom. The van der Waals surface area contributed by atoms with Crippen LogP contribution in [0.25, 0.3) is 5.57 Å². The molecule has 0 unspecified atom stereocenters. The fourth-order valence-electron chi connectivity index (χ4n) is 2.17. The lowest BCUT2D eigenvalue weighted by atomic mass is 10.0. The van der Waals surface area contributed by atoms with Crippen molar-refractivity contribution < 1.29 is 0 Å². The van der Waals surface area contributed by atoms with Gasteiger partial charge < -0.3 is 16.8 Å². The summed E-state index contributed by atoms with van der Waals surface area (Å²) in [5, 5.41) is 3.31. The van der Waals surface area contributed by atoms with Crippen molar-refractivity contribution in [2.75, 3.05) is 16.8 Å². The fourth-order valence-corrected chi connectivity index (χ4v) is 2.17. The molecular weight excluding hydrogens is 270 g/mol. The second-order valence-corrected chi connectivity index (χ2v) is 4.91. The van der Waals surface area contributed by atoms with Crippen molar-refractivity contribution in [3.05, 3.63) is 78.9 Å². The van der Waals surface area contributed by atoms with Gasteiger partial charge in [0.05, 0.1) is 11.4 Å². The molecule has 0 atom stereocenters. The third kappa shape index (κ3) is 3.79. The van der Waals surface area contributed by atoms with E-state index in [1.807, 2.05) is 37.3 Å². The third-order valence-electron chi connectivity index (χ3n) is 3.20. The first kappa shape index (κ1) is 15.4. The summed E-state index contributed by atoms with van der Waals surface area (Å²) in [5.74, 6) is 0. The van der Waals surface area contributed by atoms with Crippen LogP contribution >= 0.6 is 0 Å². The van der Waals surface area contributed by atoms with E-state index in [0.29, 0.717) is 11.4 Å². The number of nitrogen functional groups attached to an aromatic ring is 2. The van der Waals surface area contributed by atoms with E-state index in [1.54, 1.807) is 18.2 Å². The molecular formula is C19H21N3. The third-order valence-corrected chi connectivity index (χ3v) is 3.20. The van der Waals surface area contributed by atoms with Gasteiger partial charge in [-0.25, -0.2) is 0 Å². The van der Waals surface area contributed by atoms with E-state index in [-0.39, 0.29) is 0 Å². The second-order valence-electron chi connectivity index (χ2n) is 4.91. The second kappa shape index (κ2) is 7.18. The highest BCUT2D eigenvalue weighted by atomic mass is 14.9. The quantitative estimate of drug-likeness (QED) is 0.550. The smallest absolute Gasteiger partial charge is 0.0638 e. The van der Waals surface area contributed by atoms with Crippen LogP contribution in [0.4, 0.5) is 22.7 Å². The van der Waals surface area contributed by atoms with Crippen molar-refractivity contribution in [2.24, 2.45) is 0 Å². The van der Waals surface area contributed by atoms with E-state index >= 15 is 0 Å². The Bertz CT molecular complexity index is 727. The zero-order chi connectivity index (χ0) is 15.9. The highest BCUT2D eigenvalue weighted by Crippen LogP contribution is 2.27. The summed E-state index contributed by atoms with van der Waals surface area (Å²) >= 11 is 0. The number of anilines is 4. The molecule has 0 bridgehead atoms. The summed E-state index contributed by atoms with van der Waals surface area (Å²) < 4.78 is 0. The highest BCUT2D eigenvalue weighted by Gasteiger charge is 2.03. The van der Waals surface area contributed by atoms with Gasteiger partial charge in [0.2, 0.25) is 0 Å². The monoisotopic (exact) mass is 291 g/mol. The average Bonchev–Trinajstić information content (AvgIpc) is 2.51. The molecule has 3 heteroatoms. The molecule has 2 aromatic carbocycles. The van der Waals surface area contributed by atoms with Gasteiger partial charge in [-0.2, -0.15) is 0 Å². The maximum absolute atomic E-state index is 5.98. The number of nitrogens with two attached hydrogens (primary N) is 2. The molecule has 0 aliphatic heterocycles. The van der Waals surface area contributed by atoms with E-state index in [1.165, 1.54) is 0 Å². The van der Waals surface area contributed by atoms with Crippen LogP contribution in [0.15, 0.2) is 73.3 Å². The van der Waals surface area contributed by atoms with Crippen molar-refractivity contribution in [1.29, 1.82) is 0 Å². The number of nitrogens with one attached hydrogen (secondary N) is 1. The molecule has 0 saturated carbocycles. The first-order chi connectivity index (χ1) is 10.6. The van der Waals surface area contributed by atoms with Crippen LogP contribution in [-0.2, 0) is 0 Å². The molecule has 0 radical (unpaired) electrons. The largest absolute Gasteiger partial charge is 0.399 e. The number of allylic oxidation sites excluding steroid dienone is 5. The van der Waals surface area contributed by atoms with Crippen molar-refractivity contribution in [1.82, 2.24) is 0 Å². The normalized spacial score (nSPS) is 11.6. The van der Waals surface area contributed by atoms with E-state index in [0.717, 1.165) is 22.5 Å². The summed E-state index contributed by atoms with van der Waals surface area (Å²) in [4.78, 5) is 0. The molecule has 0 aliphatic carbocycles. The van der Waals surface area contributed by atoms with Crippen molar-refractivity contribution in [3.63, 3.8) is 0 Å². The molecule has 2 aromatic rings. The molecule has 0 spiro atoms. The van der Waals surface area contributed by atoms with E-state index in [2.05, 4.69) is 30.1 Å². The molecule has 0 aliphatic rings. The molecule has 0 aromatic heterocycles. The molecule has 0 fully saturated rings. The lowest BCUT2D eigenvalue weighted by Crippen LogP contribution is -1.98. The Hall–Kier alpha value is -2.94. The van der Waals surface area contributed by atoms with Crippen LogP contribution in [-0.4, -0.2) is 0 Å². The Kier molecular flexibility index (Phi) is 5.04. The number of benzene rings is 2. The van der Waals surface area contributed by atoms with Crippen LogP contribution in [0.1, 0.15) is 12.5 Å². The van der Waals surface area contributed by atoms with E-state index in [9.17, 15) is 0 Å². The zero-order valence-corrected chi connectivity index (χ0v) is 12.7. The van der Waals surface area contributed by atoms with Crippen molar-refractivity contribution >= 4 is 28.3 Å². The molecule has 5 N–H and O–H groups in total. The molecule has 0 saturated heterocycles. The minimum Gasteiger partial charge on any atom is -0.399 e. The van der Waals surface area contributed by atoms with Crippen LogP contribution in [0.5, 0.6) is 0 Å². The number of hydrogen-bond acceptors (Lipinski definition) is 3. The maximum atomic E-state index is 5.98. The lowest BCUT2D eigenvalue weighted by molar-refractivity contribution is 1.52. The predicted octanol–water partition coefficient (Wildman–Crippen LogP) is 4.74. The van der Waals surface area contributed by atoms with Gasteiger partial charge in [0.25, 0.3) is 0 Å². The first-order valence-corrected chi connectivity index (χ1v) is 7.12. The first-order valence-electron chi connectivity index (χ1n) is 7.12. The van der Waals surface area contributed by atoms with Gasteiger partial charge in [-0.15, -0.1) is 0 Å². The van der Waals surface area contributed by atoms with Crippen LogP contribution in [0.2, 0.25) is 0 Å². The Morgan fingerprint density at radius 3 is 2.68 bits per heavy atom. The fraction of sp³-hybridized carbons (Fsp3) is 0.0526. The Morgan fingerprint density at radius 1 is 1.14 bits per heavy atom. The number of rotatable bonds is 5. The van der Waals surface area contributed by atoms with Crippen LogP contribution < -0.4 is 16.8 Å². The van der Waals surface area contributed by atoms with Crippen molar-refractivity contribution in [3.8, 4) is 0 Å². The Balaban J connectivity index is 2.34. The zero-order valence-electron chi connectivity index (χ0n) is 12.7. The van der Waals surface area contributed by atoms with E-state index < -0.39 is 0 Å². The van der Waals surface area contributed by atoms with Crippen molar-refractivity contribution in [2.45, 2.75) is 6.92 Å². The Labute approximate surface area is 131 Å². The summed E-state index contributed by atoms with van der Waals surface area (Å²) in [6.07, 6.45) is 7.82. The summed E-state index contributed by atoms with van der Waals surface area (Å²) in [5.41, 5.74) is 17.1. The predicted molar refractivity (Wildman–Crippen MR) is 98.0 cm³/mol. The van der Waals surface area contributed by atoms with Crippen LogP contribution in [0.3, 0.4) is 0 Å². The number of hydrogen-bond donors (Lipinski definition) is 3. The van der Waals surface area contributed by atoms with Gasteiger partial charge >= 0.3 is 0 Å².